The van der Waals surface area contributed by atoms with Crippen molar-refractivity contribution in [1.82, 2.24) is 9.36 Å². The molecule has 17 heavy (non-hydrogen) atoms. The number of aromatic nitrogens is 2. The fourth-order valence-electron chi connectivity index (χ4n) is 1.19. The summed E-state index contributed by atoms with van der Waals surface area (Å²) in [5.74, 6) is 0.567. The highest BCUT2D eigenvalue weighted by Crippen LogP contribution is 2.18. The Morgan fingerprint density at radius 3 is 2.59 bits per heavy atom. The molecular weight excluding hydrogens is 238 g/mol. The van der Waals surface area contributed by atoms with Crippen LogP contribution in [0.25, 0.3) is 0 Å². The van der Waals surface area contributed by atoms with Gasteiger partial charge in [-0.2, -0.15) is 4.37 Å². The Kier molecular flexibility index (Phi) is 4.86. The number of nitrogens with zero attached hydrogens (tertiary/aromatic N) is 3. The SMILES string of the molecule is CCc1nsc(N(C)C(C)C(=O)OC(C)C)n1. The molecule has 0 N–H and O–H groups in total. The quantitative estimate of drug-likeness (QED) is 0.754. The number of esters is 1. The molecule has 0 saturated carbocycles. The zero-order chi connectivity index (χ0) is 13.0. The van der Waals surface area contributed by atoms with Gasteiger partial charge in [0.1, 0.15) is 11.9 Å². The van der Waals surface area contributed by atoms with Gasteiger partial charge in [-0.25, -0.2) is 9.78 Å². The summed E-state index contributed by atoms with van der Waals surface area (Å²) in [5.41, 5.74) is 0. The van der Waals surface area contributed by atoms with Crippen LogP contribution >= 0.6 is 11.5 Å². The van der Waals surface area contributed by atoms with Crippen LogP contribution in [0, 0.1) is 0 Å². The molecule has 0 aliphatic rings. The van der Waals surface area contributed by atoms with Gasteiger partial charge in [0, 0.05) is 25.0 Å². The van der Waals surface area contributed by atoms with Crippen molar-refractivity contribution in [2.24, 2.45) is 0 Å². The molecule has 0 fully saturated rings. The molecule has 96 valence electrons. The maximum absolute atomic E-state index is 11.7. The molecule has 1 aromatic heterocycles. The second-order valence-electron chi connectivity index (χ2n) is 4.12. The molecule has 1 unspecified atom stereocenters. The van der Waals surface area contributed by atoms with Gasteiger partial charge >= 0.3 is 5.97 Å². The highest BCUT2D eigenvalue weighted by molar-refractivity contribution is 7.09. The smallest absolute Gasteiger partial charge is 0.328 e. The summed E-state index contributed by atoms with van der Waals surface area (Å²) in [5, 5.41) is 0.745. The summed E-state index contributed by atoms with van der Waals surface area (Å²) in [4.78, 5) is 17.9. The van der Waals surface area contributed by atoms with Crippen LogP contribution in [0.5, 0.6) is 0 Å². The molecule has 0 bridgehead atoms. The Balaban J connectivity index is 2.68. The minimum Gasteiger partial charge on any atom is -0.461 e. The van der Waals surface area contributed by atoms with E-state index in [1.807, 2.05) is 27.8 Å². The van der Waals surface area contributed by atoms with Gasteiger partial charge in [-0.3, -0.25) is 0 Å². The van der Waals surface area contributed by atoms with Crippen LogP contribution in [0.2, 0.25) is 0 Å². The van der Waals surface area contributed by atoms with Crippen LogP contribution in [0.3, 0.4) is 0 Å². The molecule has 1 atom stereocenters. The number of carbonyl (C=O) groups excluding carboxylic acids is 1. The van der Waals surface area contributed by atoms with Crippen molar-refractivity contribution < 1.29 is 9.53 Å². The Labute approximate surface area is 106 Å². The van der Waals surface area contributed by atoms with Crippen LogP contribution in [0.1, 0.15) is 33.5 Å². The Hall–Kier alpha value is -1.17. The standard InChI is InChI=1S/C11H19N3O2S/c1-6-9-12-11(17-13-9)14(5)8(4)10(15)16-7(2)3/h7-8H,6H2,1-5H3. The molecule has 5 nitrogen and oxygen atoms in total. The van der Waals surface area contributed by atoms with Crippen molar-refractivity contribution in [1.29, 1.82) is 0 Å². The Bertz CT molecular complexity index is 379. The third kappa shape index (κ3) is 3.66. The monoisotopic (exact) mass is 257 g/mol. The van der Waals surface area contributed by atoms with E-state index >= 15 is 0 Å². The Morgan fingerprint density at radius 1 is 1.47 bits per heavy atom. The van der Waals surface area contributed by atoms with Crippen molar-refractivity contribution >= 4 is 22.6 Å². The van der Waals surface area contributed by atoms with Gasteiger partial charge in [0.2, 0.25) is 5.13 Å². The first-order chi connectivity index (χ1) is 7.95. The predicted octanol–water partition coefficient (Wildman–Crippen LogP) is 1.88. The van der Waals surface area contributed by atoms with E-state index in [0.717, 1.165) is 17.4 Å². The van der Waals surface area contributed by atoms with Gasteiger partial charge in [-0.15, -0.1) is 0 Å². The lowest BCUT2D eigenvalue weighted by molar-refractivity contribution is -0.148. The molecule has 0 radical (unpaired) electrons. The van der Waals surface area contributed by atoms with Crippen LogP contribution in [0.4, 0.5) is 5.13 Å². The number of rotatable bonds is 5. The largest absolute Gasteiger partial charge is 0.461 e. The van der Waals surface area contributed by atoms with E-state index in [4.69, 9.17) is 4.74 Å². The average Bonchev–Trinajstić information content (AvgIpc) is 2.74. The second-order valence-corrected chi connectivity index (χ2v) is 4.85. The van der Waals surface area contributed by atoms with E-state index in [9.17, 15) is 4.79 Å². The first kappa shape index (κ1) is 13.9. The number of anilines is 1. The summed E-state index contributed by atoms with van der Waals surface area (Å²) in [6.07, 6.45) is 0.703. The van der Waals surface area contributed by atoms with Crippen molar-refractivity contribution in [2.75, 3.05) is 11.9 Å². The summed E-state index contributed by atoms with van der Waals surface area (Å²) in [7, 11) is 1.83. The number of ether oxygens (including phenoxy) is 1. The van der Waals surface area contributed by atoms with Crippen LogP contribution in [0.15, 0.2) is 0 Å². The van der Waals surface area contributed by atoms with Crippen molar-refractivity contribution in [3.05, 3.63) is 5.82 Å². The van der Waals surface area contributed by atoms with Crippen molar-refractivity contribution in [2.45, 2.75) is 46.3 Å². The Morgan fingerprint density at radius 2 is 2.12 bits per heavy atom. The molecular formula is C11H19N3O2S. The van der Waals surface area contributed by atoms with Crippen LogP contribution in [-0.2, 0) is 16.0 Å². The van der Waals surface area contributed by atoms with Crippen LogP contribution < -0.4 is 4.90 Å². The lowest BCUT2D eigenvalue weighted by Gasteiger charge is -2.23. The molecule has 1 rings (SSSR count). The third-order valence-electron chi connectivity index (χ3n) is 2.35. The van der Waals surface area contributed by atoms with E-state index in [2.05, 4.69) is 9.36 Å². The van der Waals surface area contributed by atoms with Crippen LogP contribution in [-0.4, -0.2) is 34.5 Å². The summed E-state index contributed by atoms with van der Waals surface area (Å²) in [6.45, 7) is 7.48. The minimum absolute atomic E-state index is 0.0982. The summed E-state index contributed by atoms with van der Waals surface area (Å²) >= 11 is 1.30. The fraction of sp³-hybridized carbons (Fsp3) is 0.727. The highest BCUT2D eigenvalue weighted by atomic mass is 32.1. The van der Waals surface area contributed by atoms with E-state index in [0.29, 0.717) is 0 Å². The molecule has 0 aliphatic carbocycles. The second kappa shape index (κ2) is 5.95. The van der Waals surface area contributed by atoms with Gasteiger partial charge in [0.15, 0.2) is 0 Å². The molecule has 1 heterocycles. The molecule has 6 heteroatoms. The maximum Gasteiger partial charge on any atom is 0.328 e. The number of aryl methyl sites for hydroxylation is 1. The number of likely N-dealkylation sites (N-methyl/N-ethyl adjacent to an activating group) is 1. The number of hydrogen-bond acceptors (Lipinski definition) is 6. The molecule has 1 aromatic rings. The highest BCUT2D eigenvalue weighted by Gasteiger charge is 2.23. The minimum atomic E-state index is -0.352. The summed E-state index contributed by atoms with van der Waals surface area (Å²) < 4.78 is 9.36. The third-order valence-corrected chi connectivity index (χ3v) is 3.19. The zero-order valence-electron chi connectivity index (χ0n) is 10.9. The first-order valence-corrected chi connectivity index (χ1v) is 6.49. The first-order valence-electron chi connectivity index (χ1n) is 5.71. The van der Waals surface area contributed by atoms with Gasteiger partial charge in [0.25, 0.3) is 0 Å². The van der Waals surface area contributed by atoms with Gasteiger partial charge in [-0.05, 0) is 20.8 Å². The molecule has 0 aromatic carbocycles. The topological polar surface area (TPSA) is 55.3 Å². The van der Waals surface area contributed by atoms with Gasteiger partial charge in [0.05, 0.1) is 6.10 Å². The lowest BCUT2D eigenvalue weighted by Crippen LogP contribution is -2.38. The van der Waals surface area contributed by atoms with Gasteiger partial charge in [-0.1, -0.05) is 6.92 Å². The number of hydrogen-bond donors (Lipinski definition) is 0. The van der Waals surface area contributed by atoms with E-state index in [1.165, 1.54) is 11.5 Å². The van der Waals surface area contributed by atoms with E-state index in [-0.39, 0.29) is 18.1 Å². The summed E-state index contributed by atoms with van der Waals surface area (Å²) in [6, 6.07) is -0.352. The molecule has 0 amide bonds. The molecule has 0 saturated heterocycles. The number of carbonyl (C=O) groups is 1. The maximum atomic E-state index is 11.7. The normalized spacial score (nSPS) is 12.6. The molecule has 0 spiro atoms. The van der Waals surface area contributed by atoms with E-state index < -0.39 is 0 Å². The van der Waals surface area contributed by atoms with Gasteiger partial charge < -0.3 is 9.64 Å². The lowest BCUT2D eigenvalue weighted by atomic mass is 10.3. The van der Waals surface area contributed by atoms with Crippen molar-refractivity contribution in [3.8, 4) is 0 Å². The molecule has 0 aliphatic heterocycles. The average molecular weight is 257 g/mol. The van der Waals surface area contributed by atoms with E-state index in [1.54, 1.807) is 11.8 Å². The zero-order valence-corrected chi connectivity index (χ0v) is 11.7. The van der Waals surface area contributed by atoms with Crippen molar-refractivity contribution in [3.63, 3.8) is 0 Å². The fourth-order valence-corrected chi connectivity index (χ4v) is 1.98. The predicted molar refractivity (Wildman–Crippen MR) is 68.4 cm³/mol.